The number of hydrogen-bond acceptors (Lipinski definition) is 4. The SMILES string of the molecule is CC=Cc1ccc(OCC(=O)N2CCN(c3ccccc3Cl)CC2)c(OC)c1. The van der Waals surface area contributed by atoms with Crippen molar-refractivity contribution in [2.45, 2.75) is 6.92 Å². The summed E-state index contributed by atoms with van der Waals surface area (Å²) in [4.78, 5) is 16.6. The number of carbonyl (C=O) groups is 1. The van der Waals surface area contributed by atoms with Crippen LogP contribution in [0.2, 0.25) is 5.02 Å². The van der Waals surface area contributed by atoms with E-state index in [2.05, 4.69) is 4.90 Å². The highest BCUT2D eigenvalue weighted by Gasteiger charge is 2.22. The lowest BCUT2D eigenvalue weighted by molar-refractivity contribution is -0.133. The van der Waals surface area contributed by atoms with Crippen LogP contribution in [-0.4, -0.2) is 50.7 Å². The Morgan fingerprint density at radius 2 is 1.86 bits per heavy atom. The third-order valence-corrected chi connectivity index (χ3v) is 5.04. The number of rotatable bonds is 6. The lowest BCUT2D eigenvalue weighted by atomic mass is 10.2. The molecule has 3 rings (SSSR count). The fraction of sp³-hybridized carbons (Fsp3) is 0.318. The Morgan fingerprint density at radius 1 is 1.11 bits per heavy atom. The molecule has 0 aromatic heterocycles. The Bertz CT molecular complexity index is 845. The molecule has 2 aromatic carbocycles. The molecule has 0 spiro atoms. The number of ether oxygens (including phenoxy) is 2. The van der Waals surface area contributed by atoms with E-state index in [1.807, 2.05) is 66.4 Å². The molecule has 1 fully saturated rings. The van der Waals surface area contributed by atoms with Crippen molar-refractivity contribution in [3.8, 4) is 11.5 Å². The highest BCUT2D eigenvalue weighted by molar-refractivity contribution is 6.33. The van der Waals surface area contributed by atoms with Gasteiger partial charge in [0.15, 0.2) is 18.1 Å². The molecule has 5 nitrogen and oxygen atoms in total. The van der Waals surface area contributed by atoms with E-state index >= 15 is 0 Å². The largest absolute Gasteiger partial charge is 0.493 e. The van der Waals surface area contributed by atoms with Crippen molar-refractivity contribution in [1.82, 2.24) is 4.90 Å². The van der Waals surface area contributed by atoms with E-state index in [0.717, 1.165) is 29.4 Å². The van der Waals surface area contributed by atoms with Crippen molar-refractivity contribution >= 4 is 29.3 Å². The smallest absolute Gasteiger partial charge is 0.260 e. The first kappa shape index (κ1) is 20.1. The van der Waals surface area contributed by atoms with E-state index in [1.165, 1.54) is 0 Å². The maximum Gasteiger partial charge on any atom is 0.260 e. The van der Waals surface area contributed by atoms with Gasteiger partial charge >= 0.3 is 0 Å². The predicted octanol–water partition coefficient (Wildman–Crippen LogP) is 4.11. The number of methoxy groups -OCH3 is 1. The van der Waals surface area contributed by atoms with Crippen molar-refractivity contribution in [1.29, 1.82) is 0 Å². The third-order valence-electron chi connectivity index (χ3n) is 4.72. The number of hydrogen-bond donors (Lipinski definition) is 0. The molecular weight excluding hydrogens is 376 g/mol. The van der Waals surface area contributed by atoms with Crippen molar-refractivity contribution in [2.75, 3.05) is 44.8 Å². The number of anilines is 1. The number of carbonyl (C=O) groups excluding carboxylic acids is 1. The van der Waals surface area contributed by atoms with Crippen LogP contribution in [0.3, 0.4) is 0 Å². The molecule has 0 aliphatic carbocycles. The maximum absolute atomic E-state index is 12.6. The van der Waals surface area contributed by atoms with Gasteiger partial charge in [0, 0.05) is 26.2 Å². The van der Waals surface area contributed by atoms with Crippen LogP contribution in [0.4, 0.5) is 5.69 Å². The van der Waals surface area contributed by atoms with E-state index in [0.29, 0.717) is 24.6 Å². The molecule has 0 bridgehead atoms. The van der Waals surface area contributed by atoms with Crippen LogP contribution in [0.5, 0.6) is 11.5 Å². The Kier molecular flexibility index (Phi) is 6.82. The molecule has 2 aromatic rings. The predicted molar refractivity (Wildman–Crippen MR) is 113 cm³/mol. The zero-order chi connectivity index (χ0) is 19.9. The molecule has 28 heavy (non-hydrogen) atoms. The average Bonchev–Trinajstić information content (AvgIpc) is 2.73. The summed E-state index contributed by atoms with van der Waals surface area (Å²) in [5, 5.41) is 0.735. The molecule has 148 valence electrons. The van der Waals surface area contributed by atoms with Crippen molar-refractivity contribution in [3.63, 3.8) is 0 Å². The summed E-state index contributed by atoms with van der Waals surface area (Å²) in [6, 6.07) is 13.4. The monoisotopic (exact) mass is 400 g/mol. The topological polar surface area (TPSA) is 42.0 Å². The van der Waals surface area contributed by atoms with Gasteiger partial charge < -0.3 is 19.3 Å². The Labute approximate surface area is 171 Å². The summed E-state index contributed by atoms with van der Waals surface area (Å²) in [5.41, 5.74) is 2.03. The van der Waals surface area contributed by atoms with Gasteiger partial charge in [0.25, 0.3) is 5.91 Å². The van der Waals surface area contributed by atoms with Gasteiger partial charge in [0.2, 0.25) is 0 Å². The Balaban J connectivity index is 1.54. The lowest BCUT2D eigenvalue weighted by Crippen LogP contribution is -2.50. The number of allylic oxidation sites excluding steroid dienone is 1. The van der Waals surface area contributed by atoms with Gasteiger partial charge in [-0.25, -0.2) is 0 Å². The highest BCUT2D eigenvalue weighted by Crippen LogP contribution is 2.29. The molecule has 6 heteroatoms. The van der Waals surface area contributed by atoms with E-state index in [4.69, 9.17) is 21.1 Å². The van der Waals surface area contributed by atoms with Gasteiger partial charge in [-0.3, -0.25) is 4.79 Å². The number of nitrogens with zero attached hydrogens (tertiary/aromatic N) is 2. The summed E-state index contributed by atoms with van der Waals surface area (Å²) in [7, 11) is 1.59. The fourth-order valence-electron chi connectivity index (χ4n) is 3.24. The van der Waals surface area contributed by atoms with Gasteiger partial charge in [0.1, 0.15) is 0 Å². The Hall–Kier alpha value is -2.66. The Morgan fingerprint density at radius 3 is 2.54 bits per heavy atom. The molecule has 1 heterocycles. The molecule has 0 N–H and O–H groups in total. The van der Waals surface area contributed by atoms with Crippen LogP contribution in [0.1, 0.15) is 12.5 Å². The summed E-state index contributed by atoms with van der Waals surface area (Å²) in [6.07, 6.45) is 3.94. The first-order valence-corrected chi connectivity index (χ1v) is 9.71. The molecule has 1 aliphatic rings. The van der Waals surface area contributed by atoms with E-state index in [9.17, 15) is 4.79 Å². The number of piperazine rings is 1. The number of benzene rings is 2. The van der Waals surface area contributed by atoms with Gasteiger partial charge in [0.05, 0.1) is 17.8 Å². The second kappa shape index (κ2) is 9.51. The summed E-state index contributed by atoms with van der Waals surface area (Å²) >= 11 is 6.28. The zero-order valence-corrected chi connectivity index (χ0v) is 17.0. The molecule has 0 unspecified atom stereocenters. The first-order valence-electron chi connectivity index (χ1n) is 9.33. The van der Waals surface area contributed by atoms with Crippen molar-refractivity contribution in [2.24, 2.45) is 0 Å². The summed E-state index contributed by atoms with van der Waals surface area (Å²) in [6.45, 7) is 4.73. The molecule has 0 atom stereocenters. The zero-order valence-electron chi connectivity index (χ0n) is 16.2. The van der Waals surface area contributed by atoms with Crippen LogP contribution < -0.4 is 14.4 Å². The fourth-order valence-corrected chi connectivity index (χ4v) is 3.49. The second-order valence-corrected chi connectivity index (χ2v) is 6.93. The standard InChI is InChI=1S/C22H25ClN2O3/c1-3-6-17-9-10-20(21(15-17)27-2)28-16-22(26)25-13-11-24(12-14-25)19-8-5-4-7-18(19)23/h3-10,15H,11-14,16H2,1-2H3. The maximum atomic E-state index is 12.6. The number of halogens is 1. The molecule has 0 saturated carbocycles. The minimum Gasteiger partial charge on any atom is -0.493 e. The second-order valence-electron chi connectivity index (χ2n) is 6.52. The summed E-state index contributed by atoms with van der Waals surface area (Å²) < 4.78 is 11.1. The normalized spacial score (nSPS) is 14.4. The van der Waals surface area contributed by atoms with Crippen LogP contribution in [-0.2, 0) is 4.79 Å². The molecule has 0 radical (unpaired) electrons. The minimum atomic E-state index is -0.0293. The van der Waals surface area contributed by atoms with Gasteiger partial charge in [-0.2, -0.15) is 0 Å². The van der Waals surface area contributed by atoms with Crippen LogP contribution in [0.15, 0.2) is 48.5 Å². The van der Waals surface area contributed by atoms with Gasteiger partial charge in [-0.15, -0.1) is 0 Å². The van der Waals surface area contributed by atoms with Gasteiger partial charge in [-0.1, -0.05) is 42.0 Å². The average molecular weight is 401 g/mol. The van der Waals surface area contributed by atoms with E-state index in [1.54, 1.807) is 7.11 Å². The van der Waals surface area contributed by atoms with E-state index in [-0.39, 0.29) is 12.5 Å². The molecule has 1 saturated heterocycles. The van der Waals surface area contributed by atoms with Gasteiger partial charge in [-0.05, 0) is 36.8 Å². The quantitative estimate of drug-likeness (QED) is 0.731. The number of amides is 1. The van der Waals surface area contributed by atoms with Crippen molar-refractivity contribution < 1.29 is 14.3 Å². The van der Waals surface area contributed by atoms with Crippen LogP contribution >= 0.6 is 11.6 Å². The van der Waals surface area contributed by atoms with Crippen LogP contribution in [0.25, 0.3) is 6.08 Å². The molecule has 1 amide bonds. The number of para-hydroxylation sites is 1. The lowest BCUT2D eigenvalue weighted by Gasteiger charge is -2.36. The summed E-state index contributed by atoms with van der Waals surface area (Å²) in [5.74, 6) is 1.16. The molecular formula is C22H25ClN2O3. The minimum absolute atomic E-state index is 0.00851. The van der Waals surface area contributed by atoms with Crippen molar-refractivity contribution in [3.05, 3.63) is 59.1 Å². The van der Waals surface area contributed by atoms with Crippen LogP contribution in [0, 0.1) is 0 Å². The third kappa shape index (κ3) is 4.78. The first-order chi connectivity index (χ1) is 13.6. The van der Waals surface area contributed by atoms with E-state index < -0.39 is 0 Å². The molecule has 1 aliphatic heterocycles. The highest BCUT2D eigenvalue weighted by atomic mass is 35.5.